The summed E-state index contributed by atoms with van der Waals surface area (Å²) in [5.74, 6) is -1.77. The van der Waals surface area contributed by atoms with Gasteiger partial charge in [0.2, 0.25) is 5.91 Å². The molecular weight excluding hydrogens is 554 g/mol. The molecule has 2 aromatic rings. The highest BCUT2D eigenvalue weighted by Crippen LogP contribution is 2.27. The maximum Gasteiger partial charge on any atom is 0.407 e. The molecule has 1 saturated heterocycles. The molecule has 2 aliphatic rings. The lowest BCUT2D eigenvalue weighted by molar-refractivity contribution is -0.153. The fourth-order valence-corrected chi connectivity index (χ4v) is 5.93. The Morgan fingerprint density at radius 1 is 1.14 bits per heavy atom. The minimum absolute atomic E-state index is 0.0123. The summed E-state index contributed by atoms with van der Waals surface area (Å²) in [4.78, 5) is 54.7. The van der Waals surface area contributed by atoms with E-state index in [9.17, 15) is 19.2 Å². The molecule has 0 aliphatic carbocycles. The van der Waals surface area contributed by atoms with E-state index in [1.54, 1.807) is 0 Å². The predicted molar refractivity (Wildman–Crippen MR) is 162 cm³/mol. The summed E-state index contributed by atoms with van der Waals surface area (Å²) < 4.78 is 18.8. The number of nitrogens with one attached hydrogen (secondary N) is 1. The second-order valence-corrected chi connectivity index (χ2v) is 18.2. The molecule has 0 radical (unpaired) electrons. The number of allylic oxidation sites excluding steroid dienone is 2. The molecule has 1 N–H and O–H groups in total. The van der Waals surface area contributed by atoms with Crippen LogP contribution in [0.2, 0.25) is 25.7 Å². The number of aromatic nitrogens is 1. The van der Waals surface area contributed by atoms with Crippen LogP contribution in [0.5, 0.6) is 0 Å². The van der Waals surface area contributed by atoms with Gasteiger partial charge in [0, 0.05) is 31.9 Å². The molecule has 2 bridgehead atoms. The molecule has 0 unspecified atom stereocenters. The van der Waals surface area contributed by atoms with Crippen LogP contribution in [0.15, 0.2) is 42.5 Å². The van der Waals surface area contributed by atoms with E-state index in [-0.39, 0.29) is 32.1 Å². The second kappa shape index (κ2) is 13.6. The molecule has 1 aromatic carbocycles. The Bertz CT molecular complexity index is 1330. The van der Waals surface area contributed by atoms with Gasteiger partial charge in [-0.3, -0.25) is 4.79 Å². The monoisotopic (exact) mass is 597 g/mol. The first-order chi connectivity index (χ1) is 19.9. The van der Waals surface area contributed by atoms with Crippen LogP contribution in [0.4, 0.5) is 4.79 Å². The van der Waals surface area contributed by atoms with Gasteiger partial charge in [-0.1, -0.05) is 63.8 Å². The third-order valence-corrected chi connectivity index (χ3v) is 9.32. The van der Waals surface area contributed by atoms with E-state index >= 15 is 0 Å². The fourth-order valence-electron chi connectivity index (χ4n) is 5.22. The number of fused-ring (bicyclic) bond motifs is 5. The molecule has 0 saturated carbocycles. The number of esters is 2. The minimum Gasteiger partial charge on any atom is -0.464 e. The molecule has 3 heterocycles. The molecule has 4 rings (SSSR count). The lowest BCUT2D eigenvalue weighted by Crippen LogP contribution is -2.54. The molecule has 1 aromatic heterocycles. The molecule has 2 amide bonds. The number of carbonyl (C=O) groups excluding carboxylic acids is 4. The van der Waals surface area contributed by atoms with Crippen LogP contribution in [0.3, 0.4) is 0 Å². The normalized spacial score (nSPS) is 23.4. The summed E-state index contributed by atoms with van der Waals surface area (Å²) in [6.45, 7) is 11.1. The zero-order chi connectivity index (χ0) is 30.4. The molecule has 11 heteroatoms. The van der Waals surface area contributed by atoms with E-state index in [2.05, 4.69) is 25.0 Å². The number of hydrogen-bond donors (Lipinski definition) is 1. The van der Waals surface area contributed by atoms with Crippen molar-refractivity contribution >= 4 is 42.9 Å². The largest absolute Gasteiger partial charge is 0.464 e. The average molecular weight is 598 g/mol. The number of para-hydroxylation sites is 1. The van der Waals surface area contributed by atoms with E-state index in [4.69, 9.17) is 14.2 Å². The molecule has 2 aliphatic heterocycles. The molecule has 0 spiro atoms. The zero-order valence-electron chi connectivity index (χ0n) is 25.3. The molecule has 42 heavy (non-hydrogen) atoms. The van der Waals surface area contributed by atoms with E-state index in [1.807, 2.05) is 60.9 Å². The van der Waals surface area contributed by atoms with Crippen molar-refractivity contribution in [2.75, 3.05) is 19.8 Å². The van der Waals surface area contributed by atoms with Crippen LogP contribution >= 0.6 is 0 Å². The second-order valence-electron chi connectivity index (χ2n) is 12.6. The summed E-state index contributed by atoms with van der Waals surface area (Å²) >= 11 is 0. The number of alkyl carbamates (subject to hydrolysis) is 1. The van der Waals surface area contributed by atoms with Crippen LogP contribution in [0.25, 0.3) is 10.9 Å². The third-order valence-electron chi connectivity index (χ3n) is 7.62. The first-order valence-electron chi connectivity index (χ1n) is 14.8. The van der Waals surface area contributed by atoms with Crippen molar-refractivity contribution in [3.63, 3.8) is 0 Å². The van der Waals surface area contributed by atoms with Gasteiger partial charge in [0.05, 0.1) is 19.8 Å². The summed E-state index contributed by atoms with van der Waals surface area (Å²) in [5, 5.41) is 3.60. The number of carbonyl (C=O) groups is 4. The minimum atomic E-state index is -1.46. The first-order valence-corrected chi connectivity index (χ1v) is 18.5. The summed E-state index contributed by atoms with van der Waals surface area (Å²) in [6, 6.07) is 8.46. The highest BCUT2D eigenvalue weighted by atomic mass is 28.3. The smallest absolute Gasteiger partial charge is 0.407 e. The summed E-state index contributed by atoms with van der Waals surface area (Å²) in [5.41, 5.74) is 1.30. The van der Waals surface area contributed by atoms with Crippen LogP contribution in [-0.4, -0.2) is 79.4 Å². The van der Waals surface area contributed by atoms with Gasteiger partial charge in [-0.15, -0.1) is 0 Å². The SMILES string of the molecule is CC(C)[C@@H]1NC(=O)OCCC/C=C\Cn2c(cc3ccccc32)C(=O)O[C@@H]2C[C@@H](C(=O)OCC[Si](C)(C)C)N(C2)C1=O. The van der Waals surface area contributed by atoms with Crippen LogP contribution < -0.4 is 5.32 Å². The lowest BCUT2D eigenvalue weighted by Gasteiger charge is -2.29. The van der Waals surface area contributed by atoms with Crippen molar-refractivity contribution in [2.45, 2.75) is 83.5 Å². The number of amides is 2. The van der Waals surface area contributed by atoms with Gasteiger partial charge in [0.25, 0.3) is 0 Å². The van der Waals surface area contributed by atoms with Gasteiger partial charge in [-0.2, -0.15) is 0 Å². The van der Waals surface area contributed by atoms with Crippen LogP contribution in [-0.2, 0) is 30.3 Å². The van der Waals surface area contributed by atoms with E-state index in [0.717, 1.165) is 16.9 Å². The Morgan fingerprint density at radius 2 is 1.90 bits per heavy atom. The number of ether oxygens (including phenoxy) is 3. The molecular formula is C31H43N3O7Si. The van der Waals surface area contributed by atoms with Crippen LogP contribution in [0.1, 0.15) is 43.6 Å². The van der Waals surface area contributed by atoms with Crippen molar-refractivity contribution in [1.29, 1.82) is 0 Å². The standard InChI is InChI=1S/C31H43N3O7Si/c1-21(2)27-28(35)34-20-23(19-26(34)29(36)39-16-17-42(3,4)5)41-30(37)25-18-22-12-8-9-13-24(22)33(25)14-10-6-7-11-15-40-31(38)32-27/h6,8-10,12-13,18,21,23,26-27H,7,11,14-17,19-20H2,1-5H3,(H,32,38)/b10-6-/t23-,26+,27+/m1/s1. The summed E-state index contributed by atoms with van der Waals surface area (Å²) in [7, 11) is -1.46. The highest BCUT2D eigenvalue weighted by molar-refractivity contribution is 6.76. The first kappa shape index (κ1) is 31.3. The van der Waals surface area contributed by atoms with Gasteiger partial charge < -0.3 is 29.0 Å². The Kier molecular flexibility index (Phi) is 10.1. The van der Waals surface area contributed by atoms with E-state index in [0.29, 0.717) is 25.1 Å². The molecule has 228 valence electrons. The Morgan fingerprint density at radius 3 is 2.64 bits per heavy atom. The number of nitrogens with zero attached hydrogens (tertiary/aromatic N) is 2. The van der Waals surface area contributed by atoms with Crippen LogP contribution in [0, 0.1) is 5.92 Å². The average Bonchev–Trinajstić information content (AvgIpc) is 3.51. The van der Waals surface area contributed by atoms with Gasteiger partial charge >= 0.3 is 18.0 Å². The Hall–Kier alpha value is -3.60. The van der Waals surface area contributed by atoms with Gasteiger partial charge in [0.15, 0.2) is 0 Å². The summed E-state index contributed by atoms with van der Waals surface area (Å²) in [6.07, 6.45) is 3.94. The Balaban J connectivity index is 1.64. The van der Waals surface area contributed by atoms with Crippen molar-refractivity contribution in [3.8, 4) is 0 Å². The van der Waals surface area contributed by atoms with Gasteiger partial charge in [-0.05, 0) is 36.9 Å². The van der Waals surface area contributed by atoms with Crippen molar-refractivity contribution in [1.82, 2.24) is 14.8 Å². The topological polar surface area (TPSA) is 116 Å². The van der Waals surface area contributed by atoms with E-state index < -0.39 is 50.2 Å². The number of benzene rings is 1. The Labute approximate surface area is 248 Å². The van der Waals surface area contributed by atoms with E-state index in [1.165, 1.54) is 4.90 Å². The maximum atomic E-state index is 13.8. The maximum absolute atomic E-state index is 13.8. The number of rotatable bonds is 5. The van der Waals surface area contributed by atoms with Crippen molar-refractivity contribution in [2.24, 2.45) is 5.92 Å². The molecule has 1 fully saturated rings. The zero-order valence-corrected chi connectivity index (χ0v) is 26.3. The van der Waals surface area contributed by atoms with Gasteiger partial charge in [0.1, 0.15) is 23.9 Å². The lowest BCUT2D eigenvalue weighted by atomic mass is 10.0. The highest BCUT2D eigenvalue weighted by Gasteiger charge is 2.45. The quantitative estimate of drug-likeness (QED) is 0.229. The number of cyclic esters (lactones) is 1. The van der Waals surface area contributed by atoms with Crippen molar-refractivity contribution in [3.05, 3.63) is 48.2 Å². The third kappa shape index (κ3) is 7.81. The fraction of sp³-hybridized carbons (Fsp3) is 0.548. The molecule has 3 atom stereocenters. The van der Waals surface area contributed by atoms with Crippen molar-refractivity contribution < 1.29 is 33.4 Å². The van der Waals surface area contributed by atoms with Gasteiger partial charge in [-0.25, -0.2) is 14.4 Å². The molecule has 10 nitrogen and oxygen atoms in total. The number of hydrogen-bond acceptors (Lipinski definition) is 7. The predicted octanol–water partition coefficient (Wildman–Crippen LogP) is 4.75.